The van der Waals surface area contributed by atoms with E-state index in [2.05, 4.69) is 20.2 Å². The number of benzene rings is 2. The van der Waals surface area contributed by atoms with E-state index >= 15 is 0 Å². The summed E-state index contributed by atoms with van der Waals surface area (Å²) >= 11 is 0. The van der Waals surface area contributed by atoms with Crippen molar-refractivity contribution in [2.75, 3.05) is 41.3 Å². The zero-order chi connectivity index (χ0) is 19.3. The third kappa shape index (κ3) is 4.03. The van der Waals surface area contributed by atoms with Gasteiger partial charge in [-0.25, -0.2) is 18.7 Å². The minimum Gasteiger partial charge on any atom is -0.366 e. The molecule has 1 aromatic heterocycles. The summed E-state index contributed by atoms with van der Waals surface area (Å²) in [7, 11) is 0. The van der Waals surface area contributed by atoms with E-state index in [-0.39, 0.29) is 11.6 Å². The molecule has 28 heavy (non-hydrogen) atoms. The number of rotatable bonds is 5. The lowest BCUT2D eigenvalue weighted by Crippen LogP contribution is -2.47. The van der Waals surface area contributed by atoms with Crippen LogP contribution in [0.15, 0.2) is 60.9 Å². The summed E-state index contributed by atoms with van der Waals surface area (Å²) in [5.41, 5.74) is 1.22. The van der Waals surface area contributed by atoms with Gasteiger partial charge >= 0.3 is 0 Å². The summed E-state index contributed by atoms with van der Waals surface area (Å²) in [6.07, 6.45) is 1.50. The lowest BCUT2D eigenvalue weighted by Gasteiger charge is -2.36. The SMILES string of the molecule is Fc1ccccc1CNc1cc(N2CCN(c3ccccc3F)CC2)ncn1. The molecule has 1 aliphatic rings. The average Bonchev–Trinajstić information content (AvgIpc) is 2.74. The fraction of sp³-hybridized carbons (Fsp3) is 0.238. The molecule has 3 aromatic rings. The van der Waals surface area contributed by atoms with Crippen LogP contribution in [0.4, 0.5) is 26.1 Å². The van der Waals surface area contributed by atoms with Gasteiger partial charge in [-0.3, -0.25) is 0 Å². The molecular formula is C21H21F2N5. The Morgan fingerprint density at radius 2 is 1.50 bits per heavy atom. The summed E-state index contributed by atoms with van der Waals surface area (Å²) < 4.78 is 27.7. The van der Waals surface area contributed by atoms with Gasteiger partial charge in [-0.05, 0) is 18.2 Å². The number of hydrogen-bond donors (Lipinski definition) is 1. The quantitative estimate of drug-likeness (QED) is 0.730. The Hall–Kier alpha value is -3.22. The predicted molar refractivity (Wildman–Crippen MR) is 107 cm³/mol. The number of aromatic nitrogens is 2. The minimum atomic E-state index is -0.242. The van der Waals surface area contributed by atoms with E-state index in [1.165, 1.54) is 18.5 Å². The number of anilines is 3. The fourth-order valence-corrected chi connectivity index (χ4v) is 3.33. The van der Waals surface area contributed by atoms with Gasteiger partial charge in [0.25, 0.3) is 0 Å². The van der Waals surface area contributed by atoms with E-state index < -0.39 is 0 Å². The summed E-state index contributed by atoms with van der Waals surface area (Å²) in [6, 6.07) is 15.4. The van der Waals surface area contributed by atoms with Crippen LogP contribution < -0.4 is 15.1 Å². The summed E-state index contributed by atoms with van der Waals surface area (Å²) in [5.74, 6) is 1.01. The first-order valence-electron chi connectivity index (χ1n) is 9.24. The van der Waals surface area contributed by atoms with Gasteiger partial charge in [-0.1, -0.05) is 30.3 Å². The van der Waals surface area contributed by atoms with E-state index in [0.717, 1.165) is 18.9 Å². The average molecular weight is 381 g/mol. The van der Waals surface area contributed by atoms with Crippen molar-refractivity contribution in [3.05, 3.63) is 78.1 Å². The second-order valence-electron chi connectivity index (χ2n) is 6.63. The molecule has 0 spiro atoms. The zero-order valence-electron chi connectivity index (χ0n) is 15.4. The van der Waals surface area contributed by atoms with Crippen LogP contribution in [0.1, 0.15) is 5.56 Å². The molecule has 0 bridgehead atoms. The number of nitrogens with one attached hydrogen (secondary N) is 1. The highest BCUT2D eigenvalue weighted by Gasteiger charge is 2.20. The predicted octanol–water partition coefficient (Wildman–Crippen LogP) is 3.69. The van der Waals surface area contributed by atoms with E-state index in [1.807, 2.05) is 17.0 Å². The maximum absolute atomic E-state index is 14.0. The van der Waals surface area contributed by atoms with Gasteiger partial charge in [-0.2, -0.15) is 0 Å². The van der Waals surface area contributed by atoms with E-state index in [9.17, 15) is 8.78 Å². The lowest BCUT2D eigenvalue weighted by molar-refractivity contribution is 0.596. The van der Waals surface area contributed by atoms with E-state index in [4.69, 9.17) is 0 Å². The van der Waals surface area contributed by atoms with Crippen molar-refractivity contribution >= 4 is 17.3 Å². The van der Waals surface area contributed by atoms with Gasteiger partial charge in [-0.15, -0.1) is 0 Å². The van der Waals surface area contributed by atoms with E-state index in [1.54, 1.807) is 30.3 Å². The highest BCUT2D eigenvalue weighted by atomic mass is 19.1. The first-order valence-corrected chi connectivity index (χ1v) is 9.24. The van der Waals surface area contributed by atoms with Crippen molar-refractivity contribution in [3.8, 4) is 0 Å². The highest BCUT2D eigenvalue weighted by molar-refractivity contribution is 5.52. The van der Waals surface area contributed by atoms with Crippen LogP contribution >= 0.6 is 0 Å². The maximum atomic E-state index is 14.0. The molecular weight excluding hydrogens is 360 g/mol. The Labute approximate surface area is 162 Å². The van der Waals surface area contributed by atoms with Crippen molar-refractivity contribution in [1.82, 2.24) is 9.97 Å². The topological polar surface area (TPSA) is 44.3 Å². The van der Waals surface area contributed by atoms with Crippen LogP contribution in [0, 0.1) is 11.6 Å². The molecule has 2 heterocycles. The minimum absolute atomic E-state index is 0.197. The molecule has 0 saturated carbocycles. The van der Waals surface area contributed by atoms with Gasteiger partial charge in [0, 0.05) is 44.4 Å². The van der Waals surface area contributed by atoms with Crippen LogP contribution in [-0.4, -0.2) is 36.1 Å². The zero-order valence-corrected chi connectivity index (χ0v) is 15.4. The van der Waals surface area contributed by atoms with Crippen molar-refractivity contribution in [3.63, 3.8) is 0 Å². The highest BCUT2D eigenvalue weighted by Crippen LogP contribution is 2.22. The Kier molecular flexibility index (Phi) is 5.32. The molecule has 5 nitrogen and oxygen atoms in total. The van der Waals surface area contributed by atoms with Gasteiger partial charge in [0.2, 0.25) is 0 Å². The molecule has 2 aromatic carbocycles. The number of nitrogens with zero attached hydrogens (tertiary/aromatic N) is 4. The molecule has 144 valence electrons. The third-order valence-electron chi connectivity index (χ3n) is 4.87. The lowest BCUT2D eigenvalue weighted by atomic mass is 10.2. The van der Waals surface area contributed by atoms with Crippen LogP contribution in [-0.2, 0) is 6.54 Å². The van der Waals surface area contributed by atoms with Crippen molar-refractivity contribution in [2.24, 2.45) is 0 Å². The fourth-order valence-electron chi connectivity index (χ4n) is 3.33. The first kappa shape index (κ1) is 18.2. The van der Waals surface area contributed by atoms with Crippen LogP contribution in [0.25, 0.3) is 0 Å². The number of halogens is 2. The Bertz CT molecular complexity index is 941. The monoisotopic (exact) mass is 381 g/mol. The molecule has 1 fully saturated rings. The molecule has 1 saturated heterocycles. The second kappa shape index (κ2) is 8.21. The molecule has 1 aliphatic heterocycles. The van der Waals surface area contributed by atoms with Crippen molar-refractivity contribution in [1.29, 1.82) is 0 Å². The number of hydrogen-bond acceptors (Lipinski definition) is 5. The van der Waals surface area contributed by atoms with Crippen molar-refractivity contribution < 1.29 is 8.78 Å². The van der Waals surface area contributed by atoms with Gasteiger partial charge in [0.05, 0.1) is 5.69 Å². The Balaban J connectivity index is 1.39. The van der Waals surface area contributed by atoms with Gasteiger partial charge in [0.1, 0.15) is 29.6 Å². The standard InChI is InChI=1S/C21H21F2N5/c22-17-6-2-1-5-16(17)14-24-20-13-21(26-15-25-20)28-11-9-27(10-12-28)19-8-4-3-7-18(19)23/h1-8,13,15H,9-12,14H2,(H,24,25,26). The van der Waals surface area contributed by atoms with Crippen LogP contribution in [0.2, 0.25) is 0 Å². The smallest absolute Gasteiger partial charge is 0.146 e. The number of para-hydroxylation sites is 1. The molecule has 0 unspecified atom stereocenters. The van der Waals surface area contributed by atoms with Gasteiger partial charge < -0.3 is 15.1 Å². The Morgan fingerprint density at radius 1 is 0.821 bits per heavy atom. The molecule has 1 N–H and O–H groups in total. The number of piperazine rings is 1. The largest absolute Gasteiger partial charge is 0.366 e. The molecule has 0 amide bonds. The van der Waals surface area contributed by atoms with Gasteiger partial charge in [0.15, 0.2) is 0 Å². The van der Waals surface area contributed by atoms with Crippen LogP contribution in [0.5, 0.6) is 0 Å². The first-order chi connectivity index (χ1) is 13.7. The summed E-state index contributed by atoms with van der Waals surface area (Å²) in [5, 5.41) is 3.15. The molecule has 0 atom stereocenters. The molecule has 0 radical (unpaired) electrons. The summed E-state index contributed by atoms with van der Waals surface area (Å²) in [6.45, 7) is 3.24. The van der Waals surface area contributed by atoms with Crippen LogP contribution in [0.3, 0.4) is 0 Å². The molecule has 0 aliphatic carbocycles. The maximum Gasteiger partial charge on any atom is 0.146 e. The molecule has 4 rings (SSSR count). The Morgan fingerprint density at radius 3 is 2.25 bits per heavy atom. The van der Waals surface area contributed by atoms with Crippen molar-refractivity contribution in [2.45, 2.75) is 6.54 Å². The second-order valence-corrected chi connectivity index (χ2v) is 6.63. The normalized spacial score (nSPS) is 14.2. The van der Waals surface area contributed by atoms with E-state index in [0.29, 0.717) is 36.7 Å². The molecule has 7 heteroatoms. The summed E-state index contributed by atoms with van der Waals surface area (Å²) in [4.78, 5) is 12.8. The third-order valence-corrected chi connectivity index (χ3v) is 4.87.